The van der Waals surface area contributed by atoms with Crippen molar-refractivity contribution in [1.82, 2.24) is 20.4 Å². The Morgan fingerprint density at radius 1 is 1.00 bits per heavy atom. The summed E-state index contributed by atoms with van der Waals surface area (Å²) in [5, 5.41) is 11.5. The van der Waals surface area contributed by atoms with Gasteiger partial charge in [-0.1, -0.05) is 42.5 Å². The van der Waals surface area contributed by atoms with Crippen molar-refractivity contribution in [2.24, 2.45) is 4.99 Å². The molecule has 0 unspecified atom stereocenters. The number of halogens is 1. The summed E-state index contributed by atoms with van der Waals surface area (Å²) in [5.74, 6) is 1.65. The van der Waals surface area contributed by atoms with Gasteiger partial charge in [0.25, 0.3) is 0 Å². The van der Waals surface area contributed by atoms with Gasteiger partial charge in [0.2, 0.25) is 0 Å². The minimum absolute atomic E-state index is 0. The van der Waals surface area contributed by atoms with Crippen LogP contribution in [-0.4, -0.2) is 29.4 Å². The van der Waals surface area contributed by atoms with Gasteiger partial charge in [0.05, 0.1) is 25.9 Å². The van der Waals surface area contributed by atoms with Crippen molar-refractivity contribution in [3.05, 3.63) is 82.7 Å². The minimum atomic E-state index is 0. The van der Waals surface area contributed by atoms with E-state index in [-0.39, 0.29) is 24.0 Å². The first-order valence-corrected chi connectivity index (χ1v) is 10.3. The van der Waals surface area contributed by atoms with Crippen LogP contribution in [0.3, 0.4) is 0 Å². The summed E-state index contributed by atoms with van der Waals surface area (Å²) >= 11 is 0. The fourth-order valence-electron chi connectivity index (χ4n) is 3.32. The van der Waals surface area contributed by atoms with Crippen LogP contribution in [0.4, 0.5) is 0 Å². The molecule has 0 saturated heterocycles. The number of nitrogens with zero attached hydrogens (tertiary/aromatic N) is 3. The molecule has 0 bridgehead atoms. The molecule has 3 aromatic rings. The zero-order valence-electron chi connectivity index (χ0n) is 18.7. The molecule has 6 nitrogen and oxygen atoms in total. The second kappa shape index (κ2) is 12.3. The van der Waals surface area contributed by atoms with E-state index in [1.54, 1.807) is 7.11 Å². The van der Waals surface area contributed by atoms with E-state index in [4.69, 9.17) is 14.8 Å². The van der Waals surface area contributed by atoms with Crippen LogP contribution in [0.25, 0.3) is 0 Å². The van der Waals surface area contributed by atoms with Gasteiger partial charge in [-0.15, -0.1) is 24.0 Å². The summed E-state index contributed by atoms with van der Waals surface area (Å²) < 4.78 is 7.29. The Labute approximate surface area is 202 Å². The minimum Gasteiger partial charge on any atom is -0.497 e. The van der Waals surface area contributed by atoms with Crippen molar-refractivity contribution in [1.29, 1.82) is 0 Å². The van der Waals surface area contributed by atoms with Crippen LogP contribution < -0.4 is 15.4 Å². The Morgan fingerprint density at radius 2 is 1.71 bits per heavy atom. The van der Waals surface area contributed by atoms with Crippen LogP contribution in [0.1, 0.15) is 35.0 Å². The van der Waals surface area contributed by atoms with Gasteiger partial charge in [0, 0.05) is 24.3 Å². The Kier molecular flexibility index (Phi) is 9.84. The maximum absolute atomic E-state index is 5.21. The molecule has 0 amide bonds. The number of nitrogens with one attached hydrogen (secondary N) is 2. The highest BCUT2D eigenvalue weighted by molar-refractivity contribution is 14.0. The topological polar surface area (TPSA) is 63.5 Å². The number of hydrogen-bond donors (Lipinski definition) is 2. The Hall–Kier alpha value is -2.55. The SMILES string of the molecule is CCNC(=NCc1ccc(OC)cc1)NCc1c(C)nn(Cc2ccccc2)c1C.I. The zero-order chi connectivity index (χ0) is 21.3. The van der Waals surface area contributed by atoms with E-state index in [1.165, 1.54) is 16.8 Å². The van der Waals surface area contributed by atoms with Gasteiger partial charge in [-0.05, 0) is 44.0 Å². The molecule has 3 rings (SSSR count). The van der Waals surface area contributed by atoms with Crippen LogP contribution in [-0.2, 0) is 19.6 Å². The summed E-state index contributed by atoms with van der Waals surface area (Å²) in [7, 11) is 1.67. The van der Waals surface area contributed by atoms with E-state index in [1.807, 2.05) is 30.3 Å². The molecule has 2 N–H and O–H groups in total. The average Bonchev–Trinajstić information content (AvgIpc) is 3.03. The Balaban J connectivity index is 0.00000341. The molecule has 1 heterocycles. The second-order valence-electron chi connectivity index (χ2n) is 7.19. The summed E-state index contributed by atoms with van der Waals surface area (Å²) in [5.41, 5.74) is 5.81. The first-order valence-electron chi connectivity index (χ1n) is 10.3. The molecule has 0 aliphatic heterocycles. The van der Waals surface area contributed by atoms with Gasteiger partial charge in [-0.3, -0.25) is 4.68 Å². The molecule has 0 spiro atoms. The third kappa shape index (κ3) is 6.99. The van der Waals surface area contributed by atoms with Gasteiger partial charge in [0.15, 0.2) is 5.96 Å². The molecule has 166 valence electrons. The third-order valence-electron chi connectivity index (χ3n) is 5.06. The van der Waals surface area contributed by atoms with Gasteiger partial charge >= 0.3 is 0 Å². The quantitative estimate of drug-likeness (QED) is 0.256. The molecule has 0 radical (unpaired) electrons. The number of ether oxygens (including phenoxy) is 1. The fourth-order valence-corrected chi connectivity index (χ4v) is 3.32. The lowest BCUT2D eigenvalue weighted by atomic mass is 10.2. The van der Waals surface area contributed by atoms with Gasteiger partial charge in [-0.25, -0.2) is 4.99 Å². The number of aromatic nitrogens is 2. The average molecular weight is 533 g/mol. The molecule has 0 atom stereocenters. The largest absolute Gasteiger partial charge is 0.497 e. The number of guanidine groups is 1. The lowest BCUT2D eigenvalue weighted by Gasteiger charge is -2.12. The second-order valence-corrected chi connectivity index (χ2v) is 7.19. The Bertz CT molecular complexity index is 968. The first kappa shape index (κ1) is 24.7. The van der Waals surface area contributed by atoms with Crippen LogP contribution >= 0.6 is 24.0 Å². The predicted molar refractivity (Wildman–Crippen MR) is 137 cm³/mol. The smallest absolute Gasteiger partial charge is 0.191 e. The van der Waals surface area contributed by atoms with Crippen molar-refractivity contribution in [3.63, 3.8) is 0 Å². The molecular formula is C24H32IN5O. The molecule has 0 saturated carbocycles. The number of aryl methyl sites for hydroxylation is 1. The normalized spacial score (nSPS) is 11.0. The first-order chi connectivity index (χ1) is 14.6. The molecule has 2 aromatic carbocycles. The number of benzene rings is 2. The monoisotopic (exact) mass is 533 g/mol. The van der Waals surface area contributed by atoms with Crippen molar-refractivity contribution in [3.8, 4) is 5.75 Å². The van der Waals surface area contributed by atoms with Gasteiger partial charge < -0.3 is 15.4 Å². The van der Waals surface area contributed by atoms with Gasteiger partial charge in [-0.2, -0.15) is 5.10 Å². The van der Waals surface area contributed by atoms with E-state index < -0.39 is 0 Å². The summed E-state index contributed by atoms with van der Waals surface area (Å²) in [6.45, 7) is 9.12. The van der Waals surface area contributed by atoms with E-state index in [2.05, 4.69) is 60.4 Å². The maximum Gasteiger partial charge on any atom is 0.191 e. The molecule has 0 aliphatic rings. The van der Waals surface area contributed by atoms with E-state index in [9.17, 15) is 0 Å². The molecule has 0 aliphatic carbocycles. The van der Waals surface area contributed by atoms with Crippen molar-refractivity contribution >= 4 is 29.9 Å². The fraction of sp³-hybridized carbons (Fsp3) is 0.333. The molecule has 7 heteroatoms. The lowest BCUT2D eigenvalue weighted by molar-refractivity contribution is 0.414. The van der Waals surface area contributed by atoms with E-state index in [0.29, 0.717) is 13.1 Å². The van der Waals surface area contributed by atoms with E-state index >= 15 is 0 Å². The summed E-state index contributed by atoms with van der Waals surface area (Å²) in [4.78, 5) is 4.71. The zero-order valence-corrected chi connectivity index (χ0v) is 21.0. The van der Waals surface area contributed by atoms with Crippen molar-refractivity contribution in [2.45, 2.75) is 40.4 Å². The number of hydrogen-bond acceptors (Lipinski definition) is 3. The summed E-state index contributed by atoms with van der Waals surface area (Å²) in [6.07, 6.45) is 0. The van der Waals surface area contributed by atoms with Crippen molar-refractivity contribution < 1.29 is 4.74 Å². The number of aliphatic imine (C=N–C) groups is 1. The predicted octanol–water partition coefficient (Wildman–Crippen LogP) is 4.43. The lowest BCUT2D eigenvalue weighted by Crippen LogP contribution is -2.37. The maximum atomic E-state index is 5.21. The van der Waals surface area contributed by atoms with Crippen molar-refractivity contribution in [2.75, 3.05) is 13.7 Å². The van der Waals surface area contributed by atoms with Gasteiger partial charge in [0.1, 0.15) is 5.75 Å². The molecule has 31 heavy (non-hydrogen) atoms. The highest BCUT2D eigenvalue weighted by Crippen LogP contribution is 2.15. The third-order valence-corrected chi connectivity index (χ3v) is 5.06. The Morgan fingerprint density at radius 3 is 2.35 bits per heavy atom. The highest BCUT2D eigenvalue weighted by atomic mass is 127. The van der Waals surface area contributed by atoms with E-state index in [0.717, 1.165) is 36.1 Å². The van der Waals surface area contributed by atoms with Crippen LogP contribution in [0.2, 0.25) is 0 Å². The molecular weight excluding hydrogens is 501 g/mol. The number of methoxy groups -OCH3 is 1. The molecule has 0 fully saturated rings. The number of rotatable bonds is 8. The summed E-state index contributed by atoms with van der Waals surface area (Å²) in [6, 6.07) is 18.4. The van der Waals surface area contributed by atoms with Crippen LogP contribution in [0.5, 0.6) is 5.75 Å². The molecule has 1 aromatic heterocycles. The van der Waals surface area contributed by atoms with Crippen LogP contribution in [0, 0.1) is 13.8 Å². The van der Waals surface area contributed by atoms with Crippen LogP contribution in [0.15, 0.2) is 59.6 Å². The standard InChI is InChI=1S/C24H31N5O.HI/c1-5-25-24(26-15-20-11-13-22(30-4)14-12-20)27-16-23-18(2)28-29(19(23)3)17-21-9-7-6-8-10-21;/h6-14H,5,15-17H2,1-4H3,(H2,25,26,27);1H. The highest BCUT2D eigenvalue weighted by Gasteiger charge is 2.12.